The number of aryl methyl sites for hydroxylation is 1. The summed E-state index contributed by atoms with van der Waals surface area (Å²) >= 11 is 0. The number of likely N-dealkylation sites (N-methyl/N-ethyl adjacent to an activating group) is 1. The second-order valence-corrected chi connectivity index (χ2v) is 5.06. The van der Waals surface area contributed by atoms with Crippen molar-refractivity contribution in [2.45, 2.75) is 13.5 Å². The van der Waals surface area contributed by atoms with E-state index in [0.29, 0.717) is 5.56 Å². The van der Waals surface area contributed by atoms with Gasteiger partial charge < -0.3 is 15.0 Å². The van der Waals surface area contributed by atoms with Crippen LogP contribution < -0.4 is 5.32 Å². The highest BCUT2D eigenvalue weighted by molar-refractivity contribution is 6.45. The van der Waals surface area contributed by atoms with Gasteiger partial charge in [-0.25, -0.2) is 0 Å². The van der Waals surface area contributed by atoms with Crippen LogP contribution in [0.4, 0.5) is 0 Å². The van der Waals surface area contributed by atoms with Gasteiger partial charge >= 0.3 is 0 Å². The van der Waals surface area contributed by atoms with Crippen LogP contribution in [0.5, 0.6) is 0 Å². The number of benzene rings is 1. The molecule has 0 aliphatic carbocycles. The maximum Gasteiger partial charge on any atom is 0.273 e. The monoisotopic (exact) mass is 337 g/mol. The van der Waals surface area contributed by atoms with E-state index >= 15 is 0 Å². The summed E-state index contributed by atoms with van der Waals surface area (Å²) in [6.45, 7) is 2.12. The number of nitrogens with one attached hydrogen (secondary N) is 1. The Morgan fingerprint density at radius 1 is 1.32 bits per heavy atom. The molecule has 2 aromatic carbocycles. The fourth-order valence-electron chi connectivity index (χ4n) is 2.18. The number of carbonyl (C=O) groups is 1. The summed E-state index contributed by atoms with van der Waals surface area (Å²) < 4.78 is 0. The Morgan fingerprint density at radius 2 is 2.16 bits per heavy atom. The molecule has 0 radical (unpaired) electrons. The van der Waals surface area contributed by atoms with Crippen LogP contribution in [0, 0.1) is 19.1 Å². The molecule has 128 valence electrons. The lowest BCUT2D eigenvalue weighted by Gasteiger charge is -2.12. The second-order valence-electron chi connectivity index (χ2n) is 5.06. The SMILES string of the molecule is CNC(=O)/C(=N/OC)c1cccc(C)c1CO/N=C/c1c#cccc1. The van der Waals surface area contributed by atoms with Crippen molar-refractivity contribution in [1.82, 2.24) is 5.32 Å². The zero-order valence-corrected chi connectivity index (χ0v) is 14.4. The predicted octanol–water partition coefficient (Wildman–Crippen LogP) is 2.24. The van der Waals surface area contributed by atoms with Gasteiger partial charge in [0.15, 0.2) is 5.71 Å². The maximum absolute atomic E-state index is 12.1. The highest BCUT2D eigenvalue weighted by Crippen LogP contribution is 2.17. The van der Waals surface area contributed by atoms with Crippen LogP contribution in [-0.4, -0.2) is 32.0 Å². The maximum atomic E-state index is 12.1. The normalized spacial score (nSPS) is 11.1. The van der Waals surface area contributed by atoms with E-state index in [9.17, 15) is 4.79 Å². The third-order valence-electron chi connectivity index (χ3n) is 3.44. The zero-order valence-electron chi connectivity index (χ0n) is 14.4. The Bertz CT molecular complexity index is 771. The Labute approximate surface area is 147 Å². The van der Waals surface area contributed by atoms with E-state index in [2.05, 4.69) is 27.8 Å². The summed E-state index contributed by atoms with van der Waals surface area (Å²) in [6.07, 6.45) is 1.55. The lowest BCUT2D eigenvalue weighted by molar-refractivity contribution is -0.114. The smallest absolute Gasteiger partial charge is 0.273 e. The van der Waals surface area contributed by atoms with Crippen LogP contribution in [0.1, 0.15) is 22.3 Å². The number of hydrogen-bond donors (Lipinski definition) is 1. The average Bonchev–Trinajstić information content (AvgIpc) is 2.64. The standard InChI is InChI=1S/C19H19N3O3/c1-14-8-7-11-16(18(22-24-3)19(23)20-2)17(14)13-25-21-12-15-9-5-4-6-10-15/h4-5,7-9,11-12H,13H2,1-3H3,(H,20,23)/b21-12+,22-18+. The number of carbonyl (C=O) groups excluding carboxylic acids is 1. The van der Waals surface area contributed by atoms with E-state index in [0.717, 1.165) is 16.7 Å². The molecule has 6 nitrogen and oxygen atoms in total. The Hall–Kier alpha value is -3.33. The van der Waals surface area contributed by atoms with E-state index < -0.39 is 0 Å². The molecular formula is C19H19N3O3. The molecule has 0 fully saturated rings. The molecule has 0 aliphatic rings. The zero-order chi connectivity index (χ0) is 18.1. The Balaban J connectivity index is 2.21. The van der Waals surface area contributed by atoms with Gasteiger partial charge in [-0.1, -0.05) is 46.7 Å². The van der Waals surface area contributed by atoms with Gasteiger partial charge in [-0.15, -0.1) is 0 Å². The minimum absolute atomic E-state index is 0.183. The largest absolute Gasteiger partial charge is 0.398 e. The third kappa shape index (κ3) is 4.82. The number of hydrogen-bond acceptors (Lipinski definition) is 5. The fraction of sp³-hybridized carbons (Fsp3) is 0.211. The van der Waals surface area contributed by atoms with Gasteiger partial charge in [0.25, 0.3) is 5.91 Å². The van der Waals surface area contributed by atoms with Gasteiger partial charge in [-0.2, -0.15) is 0 Å². The number of oxime groups is 2. The van der Waals surface area contributed by atoms with E-state index in [1.807, 2.05) is 31.2 Å². The molecule has 2 aromatic rings. The molecule has 0 aromatic heterocycles. The molecule has 2 rings (SSSR count). The summed E-state index contributed by atoms with van der Waals surface area (Å²) in [4.78, 5) is 22.3. The van der Waals surface area contributed by atoms with Crippen molar-refractivity contribution >= 4 is 17.8 Å². The summed E-state index contributed by atoms with van der Waals surface area (Å²) in [5.41, 5.74) is 3.35. The highest BCUT2D eigenvalue weighted by atomic mass is 16.6. The van der Waals surface area contributed by atoms with Crippen molar-refractivity contribution in [3.63, 3.8) is 0 Å². The number of nitrogens with zero attached hydrogens (tertiary/aromatic N) is 2. The van der Waals surface area contributed by atoms with Gasteiger partial charge in [-0.3, -0.25) is 4.79 Å². The van der Waals surface area contributed by atoms with Gasteiger partial charge in [0.05, 0.1) is 6.21 Å². The van der Waals surface area contributed by atoms with Crippen molar-refractivity contribution in [2.75, 3.05) is 14.2 Å². The second kappa shape index (κ2) is 9.08. The summed E-state index contributed by atoms with van der Waals surface area (Å²) in [6, 6.07) is 16.8. The molecule has 6 heteroatoms. The minimum atomic E-state index is -0.341. The van der Waals surface area contributed by atoms with Crippen LogP contribution in [-0.2, 0) is 21.1 Å². The van der Waals surface area contributed by atoms with Gasteiger partial charge in [0.1, 0.15) is 13.7 Å². The van der Waals surface area contributed by atoms with Gasteiger partial charge in [0, 0.05) is 23.7 Å². The molecule has 1 N–H and O–H groups in total. The quantitative estimate of drug-likeness (QED) is 0.622. The van der Waals surface area contributed by atoms with Crippen molar-refractivity contribution in [1.29, 1.82) is 0 Å². The average molecular weight is 337 g/mol. The molecule has 25 heavy (non-hydrogen) atoms. The lowest BCUT2D eigenvalue weighted by atomic mass is 9.98. The molecule has 0 aliphatic heterocycles. The molecule has 1 amide bonds. The molecule has 0 saturated heterocycles. The summed E-state index contributed by atoms with van der Waals surface area (Å²) in [5, 5.41) is 10.3. The first-order valence-electron chi connectivity index (χ1n) is 7.63. The summed E-state index contributed by atoms with van der Waals surface area (Å²) in [7, 11) is 2.93. The van der Waals surface area contributed by atoms with Crippen molar-refractivity contribution in [2.24, 2.45) is 10.3 Å². The highest BCUT2D eigenvalue weighted by Gasteiger charge is 2.18. The van der Waals surface area contributed by atoms with Crippen LogP contribution in [0.25, 0.3) is 0 Å². The van der Waals surface area contributed by atoms with Crippen molar-refractivity contribution in [3.8, 4) is 0 Å². The molecular weight excluding hydrogens is 318 g/mol. The van der Waals surface area contributed by atoms with E-state index in [4.69, 9.17) is 9.68 Å². The Morgan fingerprint density at radius 3 is 2.84 bits per heavy atom. The molecule has 0 unspecified atom stereocenters. The van der Waals surface area contributed by atoms with E-state index in [1.54, 1.807) is 18.3 Å². The molecule has 0 saturated carbocycles. The molecule has 0 bridgehead atoms. The molecule has 0 atom stereocenters. The number of amides is 1. The Kier molecular flexibility index (Phi) is 6.55. The van der Waals surface area contributed by atoms with Crippen molar-refractivity contribution in [3.05, 3.63) is 70.8 Å². The first kappa shape index (κ1) is 18.0. The summed E-state index contributed by atoms with van der Waals surface area (Å²) in [5.74, 6) is -0.341. The number of rotatable bonds is 7. The predicted molar refractivity (Wildman–Crippen MR) is 95.3 cm³/mol. The lowest BCUT2D eigenvalue weighted by Crippen LogP contribution is -2.29. The van der Waals surface area contributed by atoms with Crippen LogP contribution in [0.15, 0.2) is 46.7 Å². The topological polar surface area (TPSA) is 72.3 Å². The van der Waals surface area contributed by atoms with Crippen molar-refractivity contribution < 1.29 is 14.5 Å². The van der Waals surface area contributed by atoms with Crippen LogP contribution in [0.3, 0.4) is 0 Å². The third-order valence-corrected chi connectivity index (χ3v) is 3.44. The van der Waals surface area contributed by atoms with Gasteiger partial charge in [-0.05, 0) is 24.6 Å². The molecule has 0 spiro atoms. The van der Waals surface area contributed by atoms with Crippen LogP contribution in [0.2, 0.25) is 0 Å². The van der Waals surface area contributed by atoms with Gasteiger partial charge in [0.2, 0.25) is 0 Å². The first-order valence-corrected chi connectivity index (χ1v) is 7.63. The first-order chi connectivity index (χ1) is 12.2. The molecule has 0 heterocycles. The minimum Gasteiger partial charge on any atom is -0.398 e. The van der Waals surface area contributed by atoms with E-state index in [-0.39, 0.29) is 18.2 Å². The fourth-order valence-corrected chi connectivity index (χ4v) is 2.18. The van der Waals surface area contributed by atoms with E-state index in [1.165, 1.54) is 14.2 Å². The van der Waals surface area contributed by atoms with Crippen LogP contribution >= 0.6 is 0 Å².